The minimum Gasteiger partial charge on any atom is -0.444 e. The number of carbonyl (C=O) groups excluding carboxylic acids is 1. The lowest BCUT2D eigenvalue weighted by molar-refractivity contribution is 0.0507. The number of carbonyl (C=O) groups is 1. The minimum absolute atomic E-state index is 0.139. The largest absolute Gasteiger partial charge is 0.444 e. The predicted octanol–water partition coefficient (Wildman–Crippen LogP) is 4.87. The number of H-pyrrole nitrogens is 1. The first-order valence-corrected chi connectivity index (χ1v) is 9.01. The lowest BCUT2D eigenvalue weighted by Crippen LogP contribution is -2.38. The molecule has 1 heterocycles. The van der Waals surface area contributed by atoms with Crippen molar-refractivity contribution < 1.29 is 13.9 Å². The standard InChI is InChI=1S/C21H24FN3O2/c1-11-12(2)24-19-14(10-23)9-16(22)18(17(11)19)13-6-7-15(8-13)25-20(26)27-21(3,4)5/h6,9,15,24H,7-8H2,1-5H3,(H,25,26)/t15-/m0/s1. The molecule has 1 aliphatic rings. The molecule has 0 saturated carbocycles. The van der Waals surface area contributed by atoms with Crippen molar-refractivity contribution in [2.45, 2.75) is 59.1 Å². The molecule has 5 nitrogen and oxygen atoms in total. The van der Waals surface area contributed by atoms with Crippen LogP contribution in [0.1, 0.15) is 56.0 Å². The smallest absolute Gasteiger partial charge is 0.407 e. The molecule has 27 heavy (non-hydrogen) atoms. The number of alkyl carbamates (subject to hydrolysis) is 1. The number of aryl methyl sites for hydroxylation is 2. The lowest BCUT2D eigenvalue weighted by atomic mass is 9.95. The molecule has 2 N–H and O–H groups in total. The Morgan fingerprint density at radius 3 is 2.74 bits per heavy atom. The summed E-state index contributed by atoms with van der Waals surface area (Å²) in [4.78, 5) is 15.2. The third-order valence-electron chi connectivity index (χ3n) is 4.81. The highest BCUT2D eigenvalue weighted by atomic mass is 19.1. The zero-order chi connectivity index (χ0) is 19.9. The monoisotopic (exact) mass is 369 g/mol. The van der Waals surface area contributed by atoms with Gasteiger partial charge in [-0.1, -0.05) is 6.08 Å². The fourth-order valence-electron chi connectivity index (χ4n) is 3.53. The van der Waals surface area contributed by atoms with Crippen LogP contribution < -0.4 is 5.32 Å². The van der Waals surface area contributed by atoms with Gasteiger partial charge in [0.15, 0.2) is 0 Å². The molecule has 0 saturated heterocycles. The number of nitriles is 1. The first kappa shape index (κ1) is 19.0. The van der Waals surface area contributed by atoms with E-state index >= 15 is 0 Å². The van der Waals surface area contributed by atoms with Crippen molar-refractivity contribution in [3.63, 3.8) is 0 Å². The van der Waals surface area contributed by atoms with Crippen LogP contribution in [0.4, 0.5) is 9.18 Å². The Labute approximate surface area is 158 Å². The van der Waals surface area contributed by atoms with Crippen LogP contribution >= 0.6 is 0 Å². The summed E-state index contributed by atoms with van der Waals surface area (Å²) in [6, 6.07) is 3.20. The van der Waals surface area contributed by atoms with Crippen molar-refractivity contribution >= 4 is 22.6 Å². The summed E-state index contributed by atoms with van der Waals surface area (Å²) in [5.74, 6) is -0.412. The van der Waals surface area contributed by atoms with Gasteiger partial charge in [0.1, 0.15) is 17.5 Å². The molecule has 0 unspecified atom stereocenters. The molecule has 142 valence electrons. The zero-order valence-corrected chi connectivity index (χ0v) is 16.3. The topological polar surface area (TPSA) is 77.9 Å². The fraction of sp³-hybridized carbons (Fsp3) is 0.429. The molecule has 0 aliphatic heterocycles. The van der Waals surface area contributed by atoms with Gasteiger partial charge in [-0.2, -0.15) is 5.26 Å². The number of nitrogens with zero attached hydrogens (tertiary/aromatic N) is 1. The van der Waals surface area contributed by atoms with E-state index in [1.54, 1.807) is 0 Å². The summed E-state index contributed by atoms with van der Waals surface area (Å²) in [5.41, 5.74) is 3.59. The molecular weight excluding hydrogens is 345 g/mol. The summed E-state index contributed by atoms with van der Waals surface area (Å²) < 4.78 is 20.2. The number of hydrogen-bond donors (Lipinski definition) is 2. The van der Waals surface area contributed by atoms with Crippen molar-refractivity contribution in [1.82, 2.24) is 10.3 Å². The fourth-order valence-corrected chi connectivity index (χ4v) is 3.53. The average molecular weight is 369 g/mol. The van der Waals surface area contributed by atoms with Crippen LogP contribution in [-0.2, 0) is 4.74 Å². The van der Waals surface area contributed by atoms with Gasteiger partial charge in [0.25, 0.3) is 0 Å². The summed E-state index contributed by atoms with van der Waals surface area (Å²) in [7, 11) is 0. The highest BCUT2D eigenvalue weighted by Gasteiger charge is 2.27. The van der Waals surface area contributed by atoms with Gasteiger partial charge in [-0.15, -0.1) is 0 Å². The number of aromatic nitrogens is 1. The molecule has 0 spiro atoms. The van der Waals surface area contributed by atoms with Gasteiger partial charge in [-0.05, 0) is 64.7 Å². The second-order valence-corrected chi connectivity index (χ2v) is 8.03. The number of ether oxygens (including phenoxy) is 1. The number of halogens is 1. The molecule has 1 aromatic heterocycles. The molecule has 3 rings (SSSR count). The maximum atomic E-state index is 14.9. The Morgan fingerprint density at radius 1 is 1.41 bits per heavy atom. The second kappa shape index (κ2) is 6.73. The van der Waals surface area contributed by atoms with Crippen molar-refractivity contribution in [3.8, 4) is 6.07 Å². The van der Waals surface area contributed by atoms with E-state index < -0.39 is 17.5 Å². The summed E-state index contributed by atoms with van der Waals surface area (Å²) >= 11 is 0. The van der Waals surface area contributed by atoms with Gasteiger partial charge in [-0.3, -0.25) is 0 Å². The normalized spacial score (nSPS) is 16.9. The van der Waals surface area contributed by atoms with Crippen LogP contribution in [0.25, 0.3) is 16.5 Å². The van der Waals surface area contributed by atoms with Crippen LogP contribution in [0, 0.1) is 31.0 Å². The SMILES string of the molecule is Cc1[nH]c2c(C#N)cc(F)c(C3=CC[C@H](NC(=O)OC(C)(C)C)C3)c2c1C. The summed E-state index contributed by atoms with van der Waals surface area (Å²) in [5, 5.41) is 12.9. The van der Waals surface area contributed by atoms with E-state index in [0.29, 0.717) is 29.5 Å². The molecule has 1 aromatic carbocycles. The van der Waals surface area contributed by atoms with E-state index in [4.69, 9.17) is 4.74 Å². The maximum Gasteiger partial charge on any atom is 0.407 e. The Hall–Kier alpha value is -2.81. The number of rotatable bonds is 2. The molecule has 0 fully saturated rings. The average Bonchev–Trinajstić information content (AvgIpc) is 3.11. The molecule has 1 atom stereocenters. The van der Waals surface area contributed by atoms with Gasteiger partial charge in [0.2, 0.25) is 0 Å². The molecule has 0 bridgehead atoms. The molecule has 2 aromatic rings. The van der Waals surface area contributed by atoms with E-state index in [-0.39, 0.29) is 6.04 Å². The van der Waals surface area contributed by atoms with Gasteiger partial charge >= 0.3 is 6.09 Å². The van der Waals surface area contributed by atoms with Crippen molar-refractivity contribution in [3.05, 3.63) is 40.3 Å². The van der Waals surface area contributed by atoms with Crippen molar-refractivity contribution in [2.75, 3.05) is 0 Å². The molecule has 0 radical (unpaired) electrons. The number of hydrogen-bond acceptors (Lipinski definition) is 3. The minimum atomic E-state index is -0.565. The number of nitrogens with one attached hydrogen (secondary N) is 2. The lowest BCUT2D eigenvalue weighted by Gasteiger charge is -2.22. The number of aromatic amines is 1. The quantitative estimate of drug-likeness (QED) is 0.793. The first-order chi connectivity index (χ1) is 12.6. The predicted molar refractivity (Wildman–Crippen MR) is 103 cm³/mol. The van der Waals surface area contributed by atoms with Crippen LogP contribution in [0.5, 0.6) is 0 Å². The second-order valence-electron chi connectivity index (χ2n) is 8.03. The third-order valence-corrected chi connectivity index (χ3v) is 4.81. The maximum absolute atomic E-state index is 14.9. The van der Waals surface area contributed by atoms with Crippen LogP contribution in [0.3, 0.4) is 0 Å². The first-order valence-electron chi connectivity index (χ1n) is 9.01. The van der Waals surface area contributed by atoms with Gasteiger partial charge in [0.05, 0.1) is 11.1 Å². The van der Waals surface area contributed by atoms with E-state index in [2.05, 4.69) is 16.4 Å². The summed E-state index contributed by atoms with van der Waals surface area (Å²) in [6.45, 7) is 9.26. The van der Waals surface area contributed by atoms with Crippen LogP contribution in [0.15, 0.2) is 12.1 Å². The van der Waals surface area contributed by atoms with Gasteiger partial charge in [0, 0.05) is 22.7 Å². The van der Waals surface area contributed by atoms with E-state index in [9.17, 15) is 14.4 Å². The van der Waals surface area contributed by atoms with E-state index in [1.807, 2.05) is 40.7 Å². The number of fused-ring (bicyclic) bond motifs is 1. The van der Waals surface area contributed by atoms with Gasteiger partial charge < -0.3 is 15.0 Å². The molecule has 1 amide bonds. The van der Waals surface area contributed by atoms with Crippen molar-refractivity contribution in [2.24, 2.45) is 0 Å². The number of benzene rings is 1. The Balaban J connectivity index is 1.90. The summed E-state index contributed by atoms with van der Waals surface area (Å²) in [6.07, 6.45) is 2.60. The molecule has 6 heteroatoms. The Kier molecular flexibility index (Phi) is 4.73. The highest BCUT2D eigenvalue weighted by Crippen LogP contribution is 2.38. The van der Waals surface area contributed by atoms with Gasteiger partial charge in [-0.25, -0.2) is 9.18 Å². The number of amides is 1. The van der Waals surface area contributed by atoms with Crippen molar-refractivity contribution in [1.29, 1.82) is 5.26 Å². The highest BCUT2D eigenvalue weighted by molar-refractivity contribution is 5.99. The molecular formula is C21H24FN3O2. The van der Waals surface area contributed by atoms with Crippen LogP contribution in [0.2, 0.25) is 0 Å². The van der Waals surface area contributed by atoms with Crippen LogP contribution in [-0.4, -0.2) is 22.7 Å². The Morgan fingerprint density at radius 2 is 2.11 bits per heavy atom. The third kappa shape index (κ3) is 3.68. The van der Waals surface area contributed by atoms with E-state index in [0.717, 1.165) is 22.2 Å². The molecule has 1 aliphatic carbocycles. The zero-order valence-electron chi connectivity index (χ0n) is 16.3. The van der Waals surface area contributed by atoms with E-state index in [1.165, 1.54) is 6.07 Å². The Bertz CT molecular complexity index is 990.